The van der Waals surface area contributed by atoms with Gasteiger partial charge in [-0.25, -0.2) is 4.79 Å². The van der Waals surface area contributed by atoms with Gasteiger partial charge in [-0.1, -0.05) is 25.3 Å². The van der Waals surface area contributed by atoms with Crippen LogP contribution in [0.4, 0.5) is 4.79 Å². The zero-order valence-corrected chi connectivity index (χ0v) is 14.7. The number of hydrogen-bond acceptors (Lipinski definition) is 3. The topological polar surface area (TPSA) is 49.9 Å². The zero-order chi connectivity index (χ0) is 16.9. The average molecular weight is 322 g/mol. The normalized spacial score (nSPS) is 20.8. The summed E-state index contributed by atoms with van der Waals surface area (Å²) in [6.45, 7) is 7.82. The first-order valence-electron chi connectivity index (χ1n) is 8.80. The van der Waals surface area contributed by atoms with Crippen LogP contribution in [-0.4, -0.2) is 53.6 Å². The molecule has 0 N–H and O–H groups in total. The summed E-state index contributed by atoms with van der Waals surface area (Å²) >= 11 is 0. The van der Waals surface area contributed by atoms with Gasteiger partial charge in [0.2, 0.25) is 5.91 Å². The lowest BCUT2D eigenvalue weighted by molar-refractivity contribution is -0.127. The van der Waals surface area contributed by atoms with E-state index in [9.17, 15) is 9.59 Å². The maximum absolute atomic E-state index is 12.3. The number of nitrogens with zero attached hydrogens (tertiary/aromatic N) is 2. The number of carbonyl (C=O) groups excluding carboxylic acids is 2. The number of carbonyl (C=O) groups is 2. The molecule has 1 aliphatic heterocycles. The molecule has 1 aliphatic carbocycles. The molecule has 1 saturated heterocycles. The molecule has 0 aromatic heterocycles. The predicted molar refractivity (Wildman–Crippen MR) is 90.1 cm³/mol. The molecule has 5 nitrogen and oxygen atoms in total. The first-order chi connectivity index (χ1) is 10.8. The minimum Gasteiger partial charge on any atom is -0.444 e. The van der Waals surface area contributed by atoms with Crippen molar-refractivity contribution >= 4 is 12.0 Å². The molecule has 0 atom stereocenters. The Morgan fingerprint density at radius 2 is 1.52 bits per heavy atom. The quantitative estimate of drug-likeness (QED) is 0.734. The van der Waals surface area contributed by atoms with Gasteiger partial charge in [-0.05, 0) is 45.6 Å². The van der Waals surface area contributed by atoms with E-state index in [-0.39, 0.29) is 12.0 Å². The molecular weight excluding hydrogens is 292 g/mol. The van der Waals surface area contributed by atoms with Crippen LogP contribution in [-0.2, 0) is 9.53 Å². The van der Waals surface area contributed by atoms with Crippen LogP contribution in [0, 0.1) is 5.92 Å². The summed E-state index contributed by atoms with van der Waals surface area (Å²) in [7, 11) is 0. The molecule has 2 amide bonds. The van der Waals surface area contributed by atoms with Crippen molar-refractivity contribution in [2.45, 2.75) is 58.5 Å². The largest absolute Gasteiger partial charge is 0.444 e. The van der Waals surface area contributed by atoms with Crippen LogP contribution < -0.4 is 0 Å². The fourth-order valence-electron chi connectivity index (χ4n) is 3.09. The van der Waals surface area contributed by atoms with Gasteiger partial charge in [-0.15, -0.1) is 0 Å². The van der Waals surface area contributed by atoms with Crippen LogP contribution in [0.15, 0.2) is 12.2 Å². The Bertz CT molecular complexity index is 440. The van der Waals surface area contributed by atoms with Gasteiger partial charge in [0.25, 0.3) is 0 Å². The Hall–Kier alpha value is -1.52. The zero-order valence-electron chi connectivity index (χ0n) is 14.7. The summed E-state index contributed by atoms with van der Waals surface area (Å²) in [5, 5.41) is 0. The summed E-state index contributed by atoms with van der Waals surface area (Å²) in [5.74, 6) is 0.634. The molecule has 0 unspecified atom stereocenters. The van der Waals surface area contributed by atoms with Crippen molar-refractivity contribution in [3.63, 3.8) is 0 Å². The SMILES string of the molecule is CC(C)(C)OC(=O)N1CCN(C(=O)/C=C/C2CCCCC2)CC1. The molecule has 1 saturated carbocycles. The highest BCUT2D eigenvalue weighted by Crippen LogP contribution is 2.24. The fourth-order valence-corrected chi connectivity index (χ4v) is 3.09. The third kappa shape index (κ3) is 5.88. The average Bonchev–Trinajstić information content (AvgIpc) is 2.52. The van der Waals surface area contributed by atoms with Crippen LogP contribution in [0.2, 0.25) is 0 Å². The Morgan fingerprint density at radius 1 is 0.957 bits per heavy atom. The minimum absolute atomic E-state index is 0.0689. The summed E-state index contributed by atoms with van der Waals surface area (Å²) in [6, 6.07) is 0. The van der Waals surface area contributed by atoms with Crippen molar-refractivity contribution < 1.29 is 14.3 Å². The summed E-state index contributed by atoms with van der Waals surface area (Å²) in [6.07, 6.45) is 9.82. The second-order valence-corrected chi connectivity index (χ2v) is 7.55. The Labute approximate surface area is 139 Å². The monoisotopic (exact) mass is 322 g/mol. The van der Waals surface area contributed by atoms with Crippen molar-refractivity contribution in [3.05, 3.63) is 12.2 Å². The number of allylic oxidation sites excluding steroid dienone is 1. The number of amides is 2. The van der Waals surface area contributed by atoms with E-state index in [1.807, 2.05) is 25.7 Å². The van der Waals surface area contributed by atoms with Crippen LogP contribution in [0.3, 0.4) is 0 Å². The van der Waals surface area contributed by atoms with Gasteiger partial charge in [0, 0.05) is 26.2 Å². The molecule has 5 heteroatoms. The van der Waals surface area contributed by atoms with E-state index in [2.05, 4.69) is 6.08 Å². The van der Waals surface area contributed by atoms with E-state index in [1.165, 1.54) is 32.1 Å². The van der Waals surface area contributed by atoms with E-state index in [0.29, 0.717) is 32.1 Å². The van der Waals surface area contributed by atoms with Crippen LogP contribution in [0.25, 0.3) is 0 Å². The second kappa shape index (κ2) is 7.84. The highest BCUT2D eigenvalue weighted by Gasteiger charge is 2.27. The summed E-state index contributed by atoms with van der Waals surface area (Å²) in [5.41, 5.74) is -0.479. The van der Waals surface area contributed by atoms with E-state index in [0.717, 1.165) is 0 Å². The molecule has 0 aromatic carbocycles. The van der Waals surface area contributed by atoms with Crippen molar-refractivity contribution in [1.82, 2.24) is 9.80 Å². The first-order valence-corrected chi connectivity index (χ1v) is 8.80. The van der Waals surface area contributed by atoms with Crippen molar-refractivity contribution in [3.8, 4) is 0 Å². The highest BCUT2D eigenvalue weighted by atomic mass is 16.6. The Kier molecular flexibility index (Phi) is 6.08. The molecule has 0 aromatic rings. The molecule has 1 heterocycles. The highest BCUT2D eigenvalue weighted by molar-refractivity contribution is 5.87. The van der Waals surface area contributed by atoms with E-state index < -0.39 is 5.60 Å². The van der Waals surface area contributed by atoms with Crippen LogP contribution in [0.1, 0.15) is 52.9 Å². The smallest absolute Gasteiger partial charge is 0.410 e. The maximum Gasteiger partial charge on any atom is 0.410 e. The molecule has 0 radical (unpaired) electrons. The van der Waals surface area contributed by atoms with Gasteiger partial charge in [-0.2, -0.15) is 0 Å². The fraction of sp³-hybridized carbons (Fsp3) is 0.778. The summed E-state index contributed by atoms with van der Waals surface area (Å²) in [4.78, 5) is 27.8. The van der Waals surface area contributed by atoms with Gasteiger partial charge in [0.1, 0.15) is 5.60 Å². The Balaban J connectivity index is 1.76. The lowest BCUT2D eigenvalue weighted by Gasteiger charge is -2.35. The van der Waals surface area contributed by atoms with Crippen LogP contribution in [0.5, 0.6) is 0 Å². The lowest BCUT2D eigenvalue weighted by atomic mass is 9.89. The van der Waals surface area contributed by atoms with Crippen molar-refractivity contribution in [1.29, 1.82) is 0 Å². The van der Waals surface area contributed by atoms with E-state index in [1.54, 1.807) is 11.0 Å². The Morgan fingerprint density at radius 3 is 2.09 bits per heavy atom. The molecule has 2 aliphatic rings. The molecule has 23 heavy (non-hydrogen) atoms. The summed E-state index contributed by atoms with van der Waals surface area (Å²) < 4.78 is 5.37. The predicted octanol–water partition coefficient (Wildman–Crippen LogP) is 3.20. The van der Waals surface area contributed by atoms with E-state index in [4.69, 9.17) is 4.74 Å². The van der Waals surface area contributed by atoms with Gasteiger partial charge in [0.15, 0.2) is 0 Å². The first kappa shape index (κ1) is 17.8. The number of rotatable bonds is 2. The van der Waals surface area contributed by atoms with Gasteiger partial charge >= 0.3 is 6.09 Å². The van der Waals surface area contributed by atoms with Gasteiger partial charge in [0.05, 0.1) is 0 Å². The number of hydrogen-bond donors (Lipinski definition) is 0. The molecule has 2 rings (SSSR count). The standard InChI is InChI=1S/C18H30N2O3/c1-18(2,3)23-17(22)20-13-11-19(12-14-20)16(21)10-9-15-7-5-4-6-8-15/h9-10,15H,4-8,11-14H2,1-3H3/b10-9+. The third-order valence-electron chi connectivity index (χ3n) is 4.40. The number of ether oxygens (including phenoxy) is 1. The minimum atomic E-state index is -0.479. The second-order valence-electron chi connectivity index (χ2n) is 7.55. The molecule has 0 spiro atoms. The van der Waals surface area contributed by atoms with Crippen molar-refractivity contribution in [2.24, 2.45) is 5.92 Å². The molecule has 130 valence electrons. The van der Waals surface area contributed by atoms with E-state index >= 15 is 0 Å². The van der Waals surface area contributed by atoms with Crippen molar-refractivity contribution in [2.75, 3.05) is 26.2 Å². The molecule has 2 fully saturated rings. The maximum atomic E-state index is 12.3. The number of piperazine rings is 1. The van der Waals surface area contributed by atoms with Gasteiger partial charge in [-0.3, -0.25) is 4.79 Å². The third-order valence-corrected chi connectivity index (χ3v) is 4.40. The molecule has 0 bridgehead atoms. The lowest BCUT2D eigenvalue weighted by Crippen LogP contribution is -2.51. The van der Waals surface area contributed by atoms with Gasteiger partial charge < -0.3 is 14.5 Å². The molecular formula is C18H30N2O3. The van der Waals surface area contributed by atoms with Crippen LogP contribution >= 0.6 is 0 Å².